The Balaban J connectivity index is 3.05. The molecule has 0 fully saturated rings. The Hall–Kier alpha value is -1.66. The molecule has 27 heavy (non-hydrogen) atoms. The molecule has 2 atom stereocenters. The maximum absolute atomic E-state index is 13.1. The molecule has 2 unspecified atom stereocenters. The first-order chi connectivity index (χ1) is 12.7. The minimum atomic E-state index is -3.80. The van der Waals surface area contributed by atoms with Crippen LogP contribution in [0.15, 0.2) is 41.3 Å². The summed E-state index contributed by atoms with van der Waals surface area (Å²) in [7, 11) is -3.80. The van der Waals surface area contributed by atoms with Crippen LogP contribution in [-0.2, 0) is 14.6 Å². The van der Waals surface area contributed by atoms with Crippen molar-refractivity contribution in [3.63, 3.8) is 0 Å². The van der Waals surface area contributed by atoms with Crippen LogP contribution in [0.2, 0.25) is 0 Å². The summed E-state index contributed by atoms with van der Waals surface area (Å²) < 4.78 is 26.1. The number of amides is 1. The number of rotatable bonds is 11. The molecule has 0 aliphatic heterocycles. The van der Waals surface area contributed by atoms with Crippen molar-refractivity contribution >= 4 is 15.7 Å². The zero-order chi connectivity index (χ0) is 20.4. The molecule has 152 valence electrons. The first kappa shape index (κ1) is 23.4. The maximum atomic E-state index is 13.1. The summed E-state index contributed by atoms with van der Waals surface area (Å²) in [5, 5.41) is 12.1. The molecule has 5 nitrogen and oxygen atoms in total. The number of aliphatic hydroxyl groups excluding tert-OH is 1. The summed E-state index contributed by atoms with van der Waals surface area (Å²) in [5.41, 5.74) is 0.956. The third-order valence-electron chi connectivity index (χ3n) is 4.31. The monoisotopic (exact) mass is 395 g/mol. The van der Waals surface area contributed by atoms with Crippen LogP contribution >= 0.6 is 0 Å². The van der Waals surface area contributed by atoms with Crippen LogP contribution in [0.3, 0.4) is 0 Å². The quantitative estimate of drug-likeness (QED) is 0.444. The van der Waals surface area contributed by atoms with Gasteiger partial charge in [-0.05, 0) is 31.4 Å². The minimum absolute atomic E-state index is 0.153. The Morgan fingerprint density at radius 1 is 1.19 bits per heavy atom. The highest BCUT2D eigenvalue weighted by Crippen LogP contribution is 2.23. The Morgan fingerprint density at radius 3 is 2.37 bits per heavy atom. The third kappa shape index (κ3) is 7.85. The molecule has 1 aromatic rings. The van der Waals surface area contributed by atoms with Gasteiger partial charge in [-0.1, -0.05) is 63.8 Å². The summed E-state index contributed by atoms with van der Waals surface area (Å²) in [6, 6.07) is 6.55. The van der Waals surface area contributed by atoms with Gasteiger partial charge >= 0.3 is 0 Å². The minimum Gasteiger partial charge on any atom is -0.391 e. The van der Waals surface area contributed by atoms with E-state index >= 15 is 0 Å². The van der Waals surface area contributed by atoms with Gasteiger partial charge in [0, 0.05) is 12.6 Å². The first-order valence-electron chi connectivity index (χ1n) is 9.63. The fourth-order valence-electron chi connectivity index (χ4n) is 2.64. The number of carbonyl (C=O) groups excluding carboxylic acids is 1. The van der Waals surface area contributed by atoms with E-state index in [4.69, 9.17) is 0 Å². The first-order valence-corrected chi connectivity index (χ1v) is 11.2. The van der Waals surface area contributed by atoms with Crippen molar-refractivity contribution in [2.24, 2.45) is 5.92 Å². The summed E-state index contributed by atoms with van der Waals surface area (Å²) >= 11 is 0. The summed E-state index contributed by atoms with van der Waals surface area (Å²) in [6.45, 7) is 8.40. The van der Waals surface area contributed by atoms with E-state index in [1.54, 1.807) is 24.3 Å². The standard InChI is InChI=1S/C21H33NO4S/c1-5-6-7-8-19(23)20(13-14-21(24)22-15-16(2)3)27(25,26)18-11-9-17(4)10-12-18/h9-14,16,19-20,23H,5-8,15H2,1-4H3,(H,22,24)/b14-13+. The van der Waals surface area contributed by atoms with Gasteiger partial charge < -0.3 is 10.4 Å². The van der Waals surface area contributed by atoms with E-state index in [-0.39, 0.29) is 10.8 Å². The lowest BCUT2D eigenvalue weighted by Crippen LogP contribution is -2.33. The molecule has 0 bridgehead atoms. The molecule has 0 aliphatic rings. The Bertz CT molecular complexity index is 708. The molecule has 0 saturated carbocycles. The van der Waals surface area contributed by atoms with Gasteiger partial charge in [0.05, 0.1) is 11.0 Å². The zero-order valence-corrected chi connectivity index (χ0v) is 17.6. The maximum Gasteiger partial charge on any atom is 0.243 e. The molecule has 0 radical (unpaired) electrons. The van der Waals surface area contributed by atoms with Crippen molar-refractivity contribution in [3.8, 4) is 0 Å². The number of aryl methyl sites for hydroxylation is 1. The molecule has 0 heterocycles. The smallest absolute Gasteiger partial charge is 0.243 e. The third-order valence-corrected chi connectivity index (χ3v) is 6.43. The summed E-state index contributed by atoms with van der Waals surface area (Å²) in [6.07, 6.45) is 4.51. The highest BCUT2D eigenvalue weighted by molar-refractivity contribution is 7.92. The number of aliphatic hydroxyl groups is 1. The van der Waals surface area contributed by atoms with Gasteiger partial charge in [0.2, 0.25) is 5.91 Å². The van der Waals surface area contributed by atoms with Crippen LogP contribution in [0.4, 0.5) is 0 Å². The van der Waals surface area contributed by atoms with Crippen LogP contribution in [0, 0.1) is 12.8 Å². The molecule has 0 saturated heterocycles. The second kappa shape index (κ2) is 11.2. The predicted octanol–water partition coefficient (Wildman–Crippen LogP) is 3.41. The van der Waals surface area contributed by atoms with E-state index in [1.165, 1.54) is 12.2 Å². The molecule has 1 amide bonds. The molecule has 0 aromatic heterocycles. The van der Waals surface area contributed by atoms with E-state index in [0.29, 0.717) is 18.9 Å². The van der Waals surface area contributed by atoms with Crippen LogP contribution < -0.4 is 5.32 Å². The lowest BCUT2D eigenvalue weighted by atomic mass is 10.1. The van der Waals surface area contributed by atoms with E-state index in [0.717, 1.165) is 24.8 Å². The number of hydrogen-bond donors (Lipinski definition) is 2. The van der Waals surface area contributed by atoms with E-state index in [9.17, 15) is 18.3 Å². The normalized spacial score (nSPS) is 14.4. The van der Waals surface area contributed by atoms with Gasteiger partial charge in [0.15, 0.2) is 9.84 Å². The summed E-state index contributed by atoms with van der Waals surface area (Å²) in [5.74, 6) is -0.0531. The lowest BCUT2D eigenvalue weighted by Gasteiger charge is -2.20. The molecule has 0 aliphatic carbocycles. The highest BCUT2D eigenvalue weighted by atomic mass is 32.2. The van der Waals surface area contributed by atoms with E-state index in [1.807, 2.05) is 27.7 Å². The second-order valence-electron chi connectivity index (χ2n) is 7.38. The predicted molar refractivity (Wildman–Crippen MR) is 109 cm³/mol. The highest BCUT2D eigenvalue weighted by Gasteiger charge is 2.31. The SMILES string of the molecule is CCCCCC(O)C(/C=C/C(=O)NCC(C)C)S(=O)(=O)c1ccc(C)cc1. The van der Waals surface area contributed by atoms with Gasteiger partial charge in [-0.15, -0.1) is 0 Å². The average Bonchev–Trinajstić information content (AvgIpc) is 2.60. The molecule has 1 rings (SSSR count). The number of unbranched alkanes of at least 4 members (excludes halogenated alkanes) is 2. The molecule has 0 spiro atoms. The number of nitrogens with one attached hydrogen (secondary N) is 1. The molecular formula is C21H33NO4S. The van der Waals surface area contributed by atoms with Crippen molar-refractivity contribution in [1.29, 1.82) is 0 Å². The van der Waals surface area contributed by atoms with Crippen molar-refractivity contribution in [1.82, 2.24) is 5.32 Å². The fourth-order valence-corrected chi connectivity index (χ4v) is 4.30. The van der Waals surface area contributed by atoms with Crippen LogP contribution in [0.5, 0.6) is 0 Å². The Labute approximate surface area is 163 Å². The summed E-state index contributed by atoms with van der Waals surface area (Å²) in [4.78, 5) is 12.1. The fraction of sp³-hybridized carbons (Fsp3) is 0.571. The van der Waals surface area contributed by atoms with Gasteiger partial charge in [0.25, 0.3) is 0 Å². The van der Waals surface area contributed by atoms with E-state index < -0.39 is 21.2 Å². The Morgan fingerprint density at radius 2 is 1.81 bits per heavy atom. The van der Waals surface area contributed by atoms with Crippen molar-refractivity contribution in [3.05, 3.63) is 42.0 Å². The Kier molecular flexibility index (Phi) is 9.74. The van der Waals surface area contributed by atoms with Gasteiger partial charge in [-0.2, -0.15) is 0 Å². The van der Waals surface area contributed by atoms with Crippen LogP contribution in [-0.4, -0.2) is 37.3 Å². The van der Waals surface area contributed by atoms with Crippen LogP contribution in [0.25, 0.3) is 0 Å². The molecule has 1 aromatic carbocycles. The zero-order valence-electron chi connectivity index (χ0n) is 16.8. The lowest BCUT2D eigenvalue weighted by molar-refractivity contribution is -0.116. The van der Waals surface area contributed by atoms with Gasteiger partial charge in [0.1, 0.15) is 5.25 Å². The van der Waals surface area contributed by atoms with Crippen molar-refractivity contribution < 1.29 is 18.3 Å². The number of sulfone groups is 1. The second-order valence-corrected chi connectivity index (χ2v) is 9.49. The van der Waals surface area contributed by atoms with Gasteiger partial charge in [-0.25, -0.2) is 8.42 Å². The number of carbonyl (C=O) groups is 1. The molecular weight excluding hydrogens is 362 g/mol. The van der Waals surface area contributed by atoms with E-state index in [2.05, 4.69) is 5.32 Å². The molecule has 2 N–H and O–H groups in total. The van der Waals surface area contributed by atoms with Crippen molar-refractivity contribution in [2.45, 2.75) is 69.6 Å². The van der Waals surface area contributed by atoms with Gasteiger partial charge in [-0.3, -0.25) is 4.79 Å². The van der Waals surface area contributed by atoms with Crippen molar-refractivity contribution in [2.75, 3.05) is 6.54 Å². The average molecular weight is 396 g/mol. The largest absolute Gasteiger partial charge is 0.391 e. The number of benzene rings is 1. The number of hydrogen-bond acceptors (Lipinski definition) is 4. The topological polar surface area (TPSA) is 83.5 Å². The molecule has 6 heteroatoms. The van der Waals surface area contributed by atoms with Crippen LogP contribution in [0.1, 0.15) is 52.0 Å².